The number of allylic oxidation sites excluding steroid dienone is 2. The molecule has 0 radical (unpaired) electrons. The number of hydrogen-bond donors (Lipinski definition) is 1. The van der Waals surface area contributed by atoms with Crippen LogP contribution in [-0.2, 0) is 6.54 Å². The van der Waals surface area contributed by atoms with Crippen LogP contribution in [0.1, 0.15) is 13.6 Å². The quantitative estimate of drug-likeness (QED) is 0.798. The first-order chi connectivity index (χ1) is 10.4. The number of nitrogens with one attached hydrogen (secondary N) is 1. The molecule has 0 aliphatic heterocycles. The van der Waals surface area contributed by atoms with Gasteiger partial charge in [-0.15, -0.1) is 0 Å². The highest BCUT2D eigenvalue weighted by Gasteiger charge is 2.05. The van der Waals surface area contributed by atoms with E-state index in [2.05, 4.69) is 35.7 Å². The maximum Gasteiger partial charge on any atom is 0.135 e. The molecule has 1 aliphatic rings. The molecule has 4 rings (SSSR count). The Hall–Kier alpha value is -2.68. The summed E-state index contributed by atoms with van der Waals surface area (Å²) in [5.74, 6) is 0.920. The van der Waals surface area contributed by atoms with Crippen molar-refractivity contribution >= 4 is 28.8 Å². The number of furan rings is 2. The average Bonchev–Trinajstić information content (AvgIpc) is 3.07. The summed E-state index contributed by atoms with van der Waals surface area (Å²) >= 11 is 0. The molecular weight excluding hydrogens is 262 g/mol. The fourth-order valence-electron chi connectivity index (χ4n) is 2.59. The van der Waals surface area contributed by atoms with Gasteiger partial charge in [0, 0.05) is 17.7 Å². The van der Waals surface area contributed by atoms with Gasteiger partial charge in [0.1, 0.15) is 16.8 Å². The van der Waals surface area contributed by atoms with Crippen molar-refractivity contribution in [2.75, 3.05) is 5.32 Å². The van der Waals surface area contributed by atoms with Crippen molar-refractivity contribution in [2.24, 2.45) is 0 Å². The van der Waals surface area contributed by atoms with Crippen LogP contribution in [0.3, 0.4) is 0 Å². The molecule has 1 aromatic carbocycles. The van der Waals surface area contributed by atoms with Crippen molar-refractivity contribution < 1.29 is 10.3 Å². The van der Waals surface area contributed by atoms with Crippen LogP contribution in [0.5, 0.6) is 0 Å². The molecule has 0 unspecified atom stereocenters. The standard InChI is InChI=1S/C18H15NO2.H2/c1-2-6-15-16-11-13(19-12-14-5-4-10-20-14)8-9-18(16)21-17(15)7-3-1;/h1-2,4-11,19H,3,12H2;1H. The topological polar surface area (TPSA) is 38.3 Å². The van der Waals surface area contributed by atoms with Crippen LogP contribution < -0.4 is 16.0 Å². The SMILES string of the molecule is C1=CCC=c2oc3ccc(NCc4ccco4)cc3c2=C1.[HH]. The van der Waals surface area contributed by atoms with Gasteiger partial charge in [0.2, 0.25) is 0 Å². The van der Waals surface area contributed by atoms with Gasteiger partial charge in [-0.1, -0.05) is 18.2 Å². The highest BCUT2D eigenvalue weighted by Crippen LogP contribution is 2.17. The second-order valence-electron chi connectivity index (χ2n) is 5.06. The lowest BCUT2D eigenvalue weighted by Crippen LogP contribution is -2.18. The van der Waals surface area contributed by atoms with Crippen LogP contribution in [0, 0.1) is 0 Å². The molecule has 3 aromatic rings. The van der Waals surface area contributed by atoms with E-state index in [9.17, 15) is 0 Å². The minimum atomic E-state index is 0. The van der Waals surface area contributed by atoms with E-state index in [1.54, 1.807) is 6.26 Å². The Balaban J connectivity index is 0.00000144. The first kappa shape index (κ1) is 12.1. The van der Waals surface area contributed by atoms with Gasteiger partial charge in [-0.05, 0) is 42.8 Å². The van der Waals surface area contributed by atoms with E-state index in [0.29, 0.717) is 6.54 Å². The van der Waals surface area contributed by atoms with Crippen molar-refractivity contribution in [2.45, 2.75) is 13.0 Å². The molecular formula is C18H17NO2. The Labute approximate surface area is 123 Å². The Bertz CT molecular complexity index is 920. The third kappa shape index (κ3) is 2.27. The molecule has 0 bridgehead atoms. The molecule has 3 nitrogen and oxygen atoms in total. The van der Waals surface area contributed by atoms with Gasteiger partial charge < -0.3 is 14.2 Å². The molecule has 0 amide bonds. The van der Waals surface area contributed by atoms with Crippen molar-refractivity contribution in [1.82, 2.24) is 0 Å². The largest absolute Gasteiger partial charge is 0.467 e. The zero-order valence-corrected chi connectivity index (χ0v) is 11.5. The summed E-state index contributed by atoms with van der Waals surface area (Å²) in [5.41, 5.74) is 2.94. The third-order valence-corrected chi connectivity index (χ3v) is 3.64. The lowest BCUT2D eigenvalue weighted by molar-refractivity contribution is 0.518. The maximum atomic E-state index is 5.90. The van der Waals surface area contributed by atoms with Crippen LogP contribution in [0.15, 0.2) is 57.6 Å². The second-order valence-corrected chi connectivity index (χ2v) is 5.06. The molecule has 1 aliphatic carbocycles. The van der Waals surface area contributed by atoms with Gasteiger partial charge in [0.25, 0.3) is 0 Å². The first-order valence-electron chi connectivity index (χ1n) is 7.06. The van der Waals surface area contributed by atoms with Gasteiger partial charge in [0.05, 0.1) is 12.8 Å². The van der Waals surface area contributed by atoms with Gasteiger partial charge in [-0.25, -0.2) is 0 Å². The minimum Gasteiger partial charge on any atom is -0.467 e. The summed E-state index contributed by atoms with van der Waals surface area (Å²) in [6.07, 6.45) is 11.0. The highest BCUT2D eigenvalue weighted by atomic mass is 16.3. The average molecular weight is 279 g/mol. The van der Waals surface area contributed by atoms with Crippen molar-refractivity contribution in [3.63, 3.8) is 0 Å². The van der Waals surface area contributed by atoms with Crippen LogP contribution in [0.25, 0.3) is 23.1 Å². The van der Waals surface area contributed by atoms with Gasteiger partial charge in [-0.2, -0.15) is 0 Å². The predicted molar refractivity (Wildman–Crippen MR) is 86.3 cm³/mol. The van der Waals surface area contributed by atoms with Crippen LogP contribution in [-0.4, -0.2) is 0 Å². The summed E-state index contributed by atoms with van der Waals surface area (Å²) in [6.45, 7) is 0.675. The molecule has 0 saturated heterocycles. The molecule has 0 fully saturated rings. The molecule has 0 atom stereocenters. The normalized spacial score (nSPS) is 13.3. The molecule has 3 heteroatoms. The third-order valence-electron chi connectivity index (χ3n) is 3.64. The number of anilines is 1. The van der Waals surface area contributed by atoms with E-state index in [1.807, 2.05) is 24.3 Å². The predicted octanol–water partition coefficient (Wildman–Crippen LogP) is 3.40. The van der Waals surface area contributed by atoms with Crippen molar-refractivity contribution in [3.8, 4) is 0 Å². The smallest absolute Gasteiger partial charge is 0.135 e. The summed E-state index contributed by atoms with van der Waals surface area (Å²) in [7, 11) is 0. The molecule has 106 valence electrons. The first-order valence-corrected chi connectivity index (χ1v) is 7.06. The molecule has 1 N–H and O–H groups in total. The Morgan fingerprint density at radius 3 is 3.14 bits per heavy atom. The van der Waals surface area contributed by atoms with E-state index in [0.717, 1.165) is 39.5 Å². The van der Waals surface area contributed by atoms with E-state index in [4.69, 9.17) is 8.83 Å². The van der Waals surface area contributed by atoms with Crippen LogP contribution in [0.2, 0.25) is 0 Å². The van der Waals surface area contributed by atoms with Crippen molar-refractivity contribution in [3.05, 3.63) is 65.1 Å². The van der Waals surface area contributed by atoms with E-state index >= 15 is 0 Å². The molecule has 0 saturated carbocycles. The fourth-order valence-corrected chi connectivity index (χ4v) is 2.59. The van der Waals surface area contributed by atoms with Gasteiger partial charge in [-0.3, -0.25) is 0 Å². The van der Waals surface area contributed by atoms with Crippen LogP contribution in [0.4, 0.5) is 5.69 Å². The van der Waals surface area contributed by atoms with Crippen LogP contribution >= 0.6 is 0 Å². The molecule has 21 heavy (non-hydrogen) atoms. The number of hydrogen-bond acceptors (Lipinski definition) is 3. The molecule has 2 aromatic heterocycles. The summed E-state index contributed by atoms with van der Waals surface area (Å²) < 4.78 is 11.2. The number of rotatable bonds is 3. The Morgan fingerprint density at radius 2 is 2.24 bits per heavy atom. The lowest BCUT2D eigenvalue weighted by Gasteiger charge is -2.03. The van der Waals surface area contributed by atoms with E-state index < -0.39 is 0 Å². The zero-order chi connectivity index (χ0) is 14.1. The Kier molecular flexibility index (Phi) is 2.89. The Morgan fingerprint density at radius 1 is 1.24 bits per heavy atom. The zero-order valence-electron chi connectivity index (χ0n) is 11.5. The van der Waals surface area contributed by atoms with E-state index in [-0.39, 0.29) is 1.43 Å². The number of fused-ring (bicyclic) bond motifs is 3. The lowest BCUT2D eigenvalue weighted by atomic mass is 10.2. The van der Waals surface area contributed by atoms with Gasteiger partial charge in [0.15, 0.2) is 0 Å². The highest BCUT2D eigenvalue weighted by molar-refractivity contribution is 5.83. The van der Waals surface area contributed by atoms with Gasteiger partial charge >= 0.3 is 0 Å². The van der Waals surface area contributed by atoms with E-state index in [1.165, 1.54) is 0 Å². The number of benzene rings is 1. The summed E-state index contributed by atoms with van der Waals surface area (Å²) in [4.78, 5) is 0. The minimum absolute atomic E-state index is 0. The molecule has 0 spiro atoms. The maximum absolute atomic E-state index is 5.90. The monoisotopic (exact) mass is 279 g/mol. The summed E-state index contributed by atoms with van der Waals surface area (Å²) in [6, 6.07) is 10.0. The van der Waals surface area contributed by atoms with Crippen molar-refractivity contribution in [1.29, 1.82) is 0 Å². The molecule has 2 heterocycles. The second kappa shape index (κ2) is 5.02. The summed E-state index contributed by atoms with van der Waals surface area (Å²) in [5, 5.41) is 5.66. The fraction of sp³-hybridized carbons (Fsp3) is 0.111.